The second kappa shape index (κ2) is 9.22. The van der Waals surface area contributed by atoms with E-state index in [0.717, 1.165) is 16.5 Å². The van der Waals surface area contributed by atoms with Crippen LogP contribution in [0.1, 0.15) is 23.1 Å². The van der Waals surface area contributed by atoms with E-state index in [1.807, 2.05) is 13.0 Å². The summed E-state index contributed by atoms with van der Waals surface area (Å²) in [6, 6.07) is 10.1. The van der Waals surface area contributed by atoms with Gasteiger partial charge in [-0.1, -0.05) is 6.07 Å². The quantitative estimate of drug-likeness (QED) is 0.532. The molecule has 29 heavy (non-hydrogen) atoms. The Balaban J connectivity index is 1.60. The molecule has 0 fully saturated rings. The molecule has 5 nitrogen and oxygen atoms in total. The fraction of sp³-hybridized carbons (Fsp3) is 0.273. The van der Waals surface area contributed by atoms with Gasteiger partial charge in [-0.25, -0.2) is 9.18 Å². The molecule has 152 valence electrons. The summed E-state index contributed by atoms with van der Waals surface area (Å²) in [5.41, 5.74) is 2.25. The van der Waals surface area contributed by atoms with Crippen LogP contribution in [0.2, 0.25) is 0 Å². The van der Waals surface area contributed by atoms with Gasteiger partial charge < -0.3 is 14.5 Å². The molecule has 1 amide bonds. The number of carbonyl (C=O) groups is 1. The molecule has 3 aromatic rings. The average Bonchev–Trinajstić information content (AvgIpc) is 2.70. The molecule has 0 aliphatic heterocycles. The smallest absolute Gasteiger partial charge is 0.339 e. The van der Waals surface area contributed by atoms with Gasteiger partial charge in [0, 0.05) is 30.0 Å². The fourth-order valence-corrected chi connectivity index (χ4v) is 3.59. The van der Waals surface area contributed by atoms with E-state index >= 15 is 0 Å². The summed E-state index contributed by atoms with van der Waals surface area (Å²) in [5, 5.41) is 3.65. The molecule has 0 aliphatic rings. The lowest BCUT2D eigenvalue weighted by Gasteiger charge is -2.09. The third-order valence-corrected chi connectivity index (χ3v) is 5.42. The van der Waals surface area contributed by atoms with Gasteiger partial charge in [-0.3, -0.25) is 4.79 Å². The maximum Gasteiger partial charge on any atom is 0.339 e. The van der Waals surface area contributed by atoms with E-state index in [-0.39, 0.29) is 18.1 Å². The van der Waals surface area contributed by atoms with Crippen LogP contribution in [0.4, 0.5) is 4.39 Å². The molecule has 3 rings (SSSR count). The molecule has 0 unspecified atom stereocenters. The van der Waals surface area contributed by atoms with Crippen LogP contribution in [-0.2, 0) is 17.6 Å². The van der Waals surface area contributed by atoms with E-state index in [4.69, 9.17) is 9.15 Å². The number of hydrogen-bond donors (Lipinski definition) is 1. The van der Waals surface area contributed by atoms with Gasteiger partial charge >= 0.3 is 5.63 Å². The average molecular weight is 462 g/mol. The van der Waals surface area contributed by atoms with Crippen LogP contribution >= 0.6 is 15.9 Å². The first-order valence-corrected chi connectivity index (χ1v) is 9.99. The molecule has 0 radical (unpaired) electrons. The number of hydrogen-bond acceptors (Lipinski definition) is 4. The Hall–Kier alpha value is -2.67. The number of ether oxygens (including phenoxy) is 1. The minimum atomic E-state index is -0.438. The lowest BCUT2D eigenvalue weighted by molar-refractivity contribution is -0.121. The van der Waals surface area contributed by atoms with Crippen LogP contribution in [0.25, 0.3) is 11.0 Å². The highest BCUT2D eigenvalue weighted by atomic mass is 79.9. The van der Waals surface area contributed by atoms with Crippen LogP contribution in [0.15, 0.2) is 50.1 Å². The third kappa shape index (κ3) is 5.03. The van der Waals surface area contributed by atoms with Crippen LogP contribution in [0, 0.1) is 12.7 Å². The van der Waals surface area contributed by atoms with Crippen LogP contribution in [-0.4, -0.2) is 19.6 Å². The molecule has 0 saturated carbocycles. The standard InChI is InChI=1S/C22H21BrFNO4/c1-13-16-5-4-15(28-2)12-20(16)29-22(27)17(13)6-8-21(26)25-10-9-14-3-7-19(24)18(23)11-14/h3-5,7,11-12H,6,8-10H2,1-2H3,(H,25,26). The molecule has 0 spiro atoms. The lowest BCUT2D eigenvalue weighted by atomic mass is 10.0. The van der Waals surface area contributed by atoms with Gasteiger partial charge in [-0.05, 0) is 71.1 Å². The van der Waals surface area contributed by atoms with E-state index in [2.05, 4.69) is 21.2 Å². The van der Waals surface area contributed by atoms with Gasteiger partial charge in [0.1, 0.15) is 17.1 Å². The number of halogens is 2. The molecule has 1 N–H and O–H groups in total. The Morgan fingerprint density at radius 3 is 2.72 bits per heavy atom. The Morgan fingerprint density at radius 2 is 2.00 bits per heavy atom. The van der Waals surface area contributed by atoms with Gasteiger partial charge in [0.15, 0.2) is 0 Å². The number of carbonyl (C=O) groups excluding carboxylic acids is 1. The van der Waals surface area contributed by atoms with Gasteiger partial charge in [0.2, 0.25) is 5.91 Å². The second-order valence-electron chi connectivity index (χ2n) is 6.70. The molecule has 2 aromatic carbocycles. The highest BCUT2D eigenvalue weighted by molar-refractivity contribution is 9.10. The Kier molecular flexibility index (Phi) is 6.69. The number of aryl methyl sites for hydroxylation is 1. The molecule has 0 aliphatic carbocycles. The lowest BCUT2D eigenvalue weighted by Crippen LogP contribution is -2.26. The van der Waals surface area contributed by atoms with Crippen molar-refractivity contribution >= 4 is 32.8 Å². The van der Waals surface area contributed by atoms with Crippen molar-refractivity contribution in [3.05, 3.63) is 73.8 Å². The molecule has 1 heterocycles. The zero-order valence-electron chi connectivity index (χ0n) is 16.2. The summed E-state index contributed by atoms with van der Waals surface area (Å²) in [5.74, 6) is 0.140. The van der Waals surface area contributed by atoms with Crippen molar-refractivity contribution in [3.63, 3.8) is 0 Å². The van der Waals surface area contributed by atoms with Crippen molar-refractivity contribution in [3.8, 4) is 5.75 Å². The summed E-state index contributed by atoms with van der Waals surface area (Å²) >= 11 is 3.15. The molecule has 0 bridgehead atoms. The van der Waals surface area contributed by atoms with Crippen LogP contribution in [0.5, 0.6) is 5.75 Å². The summed E-state index contributed by atoms with van der Waals surface area (Å²) < 4.78 is 24.2. The second-order valence-corrected chi connectivity index (χ2v) is 7.56. The molecule has 1 aromatic heterocycles. The third-order valence-electron chi connectivity index (χ3n) is 4.82. The number of fused-ring (bicyclic) bond motifs is 1. The van der Waals surface area contributed by atoms with Crippen LogP contribution in [0.3, 0.4) is 0 Å². The molecular weight excluding hydrogens is 441 g/mol. The van der Waals surface area contributed by atoms with Crippen molar-refractivity contribution in [2.24, 2.45) is 0 Å². The predicted octanol–water partition coefficient (Wildman–Crippen LogP) is 4.30. The Labute approximate surface area is 176 Å². The van der Waals surface area contributed by atoms with Crippen molar-refractivity contribution < 1.29 is 18.3 Å². The van der Waals surface area contributed by atoms with Crippen LogP contribution < -0.4 is 15.7 Å². The SMILES string of the molecule is COc1ccc2c(C)c(CCC(=O)NCCc3ccc(F)c(Br)c3)c(=O)oc2c1. The molecule has 0 saturated heterocycles. The molecule has 7 heteroatoms. The zero-order valence-corrected chi connectivity index (χ0v) is 17.8. The number of methoxy groups -OCH3 is 1. The van der Waals surface area contributed by atoms with Crippen molar-refractivity contribution in [2.75, 3.05) is 13.7 Å². The van der Waals surface area contributed by atoms with Gasteiger partial charge in [-0.15, -0.1) is 0 Å². The van der Waals surface area contributed by atoms with E-state index in [1.54, 1.807) is 31.4 Å². The predicted molar refractivity (Wildman–Crippen MR) is 113 cm³/mol. The van der Waals surface area contributed by atoms with Gasteiger partial charge in [0.05, 0.1) is 11.6 Å². The number of benzene rings is 2. The highest BCUT2D eigenvalue weighted by Crippen LogP contribution is 2.24. The first-order valence-electron chi connectivity index (χ1n) is 9.20. The van der Waals surface area contributed by atoms with Crippen molar-refractivity contribution in [2.45, 2.75) is 26.2 Å². The summed E-state index contributed by atoms with van der Waals surface area (Å²) in [6.45, 7) is 2.29. The van der Waals surface area contributed by atoms with E-state index in [9.17, 15) is 14.0 Å². The van der Waals surface area contributed by atoms with E-state index in [0.29, 0.717) is 40.8 Å². The fourth-order valence-electron chi connectivity index (χ4n) is 3.16. The first kappa shape index (κ1) is 21.0. The summed E-state index contributed by atoms with van der Waals surface area (Å²) in [4.78, 5) is 24.5. The number of rotatable bonds is 7. The van der Waals surface area contributed by atoms with Crippen molar-refractivity contribution in [1.82, 2.24) is 5.32 Å². The number of nitrogens with one attached hydrogen (secondary N) is 1. The Morgan fingerprint density at radius 1 is 1.21 bits per heavy atom. The monoisotopic (exact) mass is 461 g/mol. The highest BCUT2D eigenvalue weighted by Gasteiger charge is 2.13. The van der Waals surface area contributed by atoms with Gasteiger partial charge in [0.25, 0.3) is 0 Å². The van der Waals surface area contributed by atoms with E-state index < -0.39 is 5.63 Å². The summed E-state index contributed by atoms with van der Waals surface area (Å²) in [7, 11) is 1.55. The topological polar surface area (TPSA) is 68.5 Å². The Bertz CT molecular complexity index is 1110. The van der Waals surface area contributed by atoms with E-state index in [1.165, 1.54) is 6.07 Å². The maximum atomic E-state index is 13.3. The molecular formula is C22H21BrFNO4. The minimum absolute atomic E-state index is 0.153. The van der Waals surface area contributed by atoms with Crippen molar-refractivity contribution in [1.29, 1.82) is 0 Å². The largest absolute Gasteiger partial charge is 0.497 e. The summed E-state index contributed by atoms with van der Waals surface area (Å²) in [6.07, 6.45) is 1.06. The normalized spacial score (nSPS) is 10.9. The first-order chi connectivity index (χ1) is 13.9. The minimum Gasteiger partial charge on any atom is -0.497 e. The number of amides is 1. The van der Waals surface area contributed by atoms with Gasteiger partial charge in [-0.2, -0.15) is 0 Å². The maximum absolute atomic E-state index is 13.3. The zero-order chi connectivity index (χ0) is 21.0. The molecule has 0 atom stereocenters.